The molecule has 47 heavy (non-hydrogen) atoms. The zero-order chi connectivity index (χ0) is 34.0. The van der Waals surface area contributed by atoms with Gasteiger partial charge in [0.15, 0.2) is 0 Å². The van der Waals surface area contributed by atoms with E-state index in [1.165, 1.54) is 25.2 Å². The first-order chi connectivity index (χ1) is 22.4. The number of aliphatic hydroxyl groups is 1. The minimum atomic E-state index is -3.72. The van der Waals surface area contributed by atoms with Crippen LogP contribution in [0.3, 0.4) is 0 Å². The molecule has 0 spiro atoms. The molecule has 0 bridgehead atoms. The number of rotatable bonds is 14. The van der Waals surface area contributed by atoms with Gasteiger partial charge in [0.05, 0.1) is 41.8 Å². The number of carbonyl (C=O) groups excluding carboxylic acids is 2. The van der Waals surface area contributed by atoms with Crippen LogP contribution in [0.25, 0.3) is 0 Å². The SMILES string of the molecule is C[C@@H](NC(=O)c1cc(C(=O)N[C@@H](Cc2ccccc2)[C@H](O)CNCc2cccc(C#N)c2)cc(N(C)S(C)(=O)=O)c1)c1ccccc1. The number of hydrogen-bond donors (Lipinski definition) is 4. The van der Waals surface area contributed by atoms with E-state index >= 15 is 0 Å². The summed E-state index contributed by atoms with van der Waals surface area (Å²) in [5.41, 5.74) is 3.48. The van der Waals surface area contributed by atoms with Gasteiger partial charge in [-0.25, -0.2) is 8.42 Å². The Morgan fingerprint density at radius 3 is 2.06 bits per heavy atom. The van der Waals surface area contributed by atoms with Crippen LogP contribution in [0.4, 0.5) is 5.69 Å². The van der Waals surface area contributed by atoms with Crippen LogP contribution in [0.2, 0.25) is 0 Å². The van der Waals surface area contributed by atoms with E-state index in [0.717, 1.165) is 27.3 Å². The summed E-state index contributed by atoms with van der Waals surface area (Å²) in [6.07, 6.45) is 0.325. The Labute approximate surface area is 276 Å². The summed E-state index contributed by atoms with van der Waals surface area (Å²) in [5.74, 6) is -1.06. The molecule has 4 aromatic rings. The third-order valence-corrected chi connectivity index (χ3v) is 8.97. The quantitative estimate of drug-likeness (QED) is 0.161. The van der Waals surface area contributed by atoms with E-state index < -0.39 is 34.0 Å². The maximum absolute atomic E-state index is 13.8. The predicted molar refractivity (Wildman–Crippen MR) is 182 cm³/mol. The molecule has 4 rings (SSSR count). The molecule has 4 N–H and O–H groups in total. The zero-order valence-electron chi connectivity index (χ0n) is 26.6. The third-order valence-electron chi connectivity index (χ3n) is 7.77. The van der Waals surface area contributed by atoms with Gasteiger partial charge in [0.1, 0.15) is 0 Å². The summed E-state index contributed by atoms with van der Waals surface area (Å²) in [4.78, 5) is 27.2. The Morgan fingerprint density at radius 2 is 1.45 bits per heavy atom. The number of nitriles is 1. The first kappa shape index (κ1) is 34.8. The van der Waals surface area contributed by atoms with E-state index in [-0.39, 0.29) is 29.4 Å². The molecular formula is C36H39N5O5S. The molecule has 0 aliphatic heterocycles. The van der Waals surface area contributed by atoms with Crippen molar-refractivity contribution in [2.24, 2.45) is 0 Å². The third kappa shape index (κ3) is 9.98. The molecule has 0 aromatic heterocycles. The average Bonchev–Trinajstić information content (AvgIpc) is 3.07. The fraction of sp³-hybridized carbons (Fsp3) is 0.250. The number of anilines is 1. The Balaban J connectivity index is 1.58. The van der Waals surface area contributed by atoms with Crippen LogP contribution < -0.4 is 20.3 Å². The van der Waals surface area contributed by atoms with Crippen LogP contribution in [0.15, 0.2) is 103 Å². The van der Waals surface area contributed by atoms with Crippen molar-refractivity contribution < 1.29 is 23.1 Å². The lowest BCUT2D eigenvalue weighted by atomic mass is 9.99. The van der Waals surface area contributed by atoms with Crippen molar-refractivity contribution in [2.75, 3.05) is 24.2 Å². The fourth-order valence-corrected chi connectivity index (χ4v) is 5.50. The number of aliphatic hydroxyl groups excluding tert-OH is 1. The Bertz CT molecular complexity index is 1830. The summed E-state index contributed by atoms with van der Waals surface area (Å²) in [5, 5.41) is 29.5. The van der Waals surface area contributed by atoms with Gasteiger partial charge in [-0.1, -0.05) is 72.8 Å². The Kier molecular flexibility index (Phi) is 11.9. The van der Waals surface area contributed by atoms with Crippen molar-refractivity contribution in [1.82, 2.24) is 16.0 Å². The molecule has 3 atom stereocenters. The summed E-state index contributed by atoms with van der Waals surface area (Å²) in [6, 6.07) is 31.2. The second-order valence-corrected chi connectivity index (χ2v) is 13.4. The average molecular weight is 654 g/mol. The standard InChI is InChI=1S/C36H39N5O5S/c1-25(29-15-8-5-9-16-29)39-35(43)30-19-31(21-32(20-30)41(2)47(3,45)46)36(44)40-33(18-26-11-6-4-7-12-26)34(42)24-38-23-28-14-10-13-27(17-28)22-37/h4-17,19-21,25,33-34,38,42H,18,23-24H2,1-3H3,(H,39,43)(H,40,44)/t25-,33+,34-/m1/s1. The highest BCUT2D eigenvalue weighted by molar-refractivity contribution is 7.92. The van der Waals surface area contributed by atoms with Gasteiger partial charge in [-0.05, 0) is 60.4 Å². The molecule has 2 amide bonds. The van der Waals surface area contributed by atoms with E-state index in [4.69, 9.17) is 0 Å². The number of hydrogen-bond acceptors (Lipinski definition) is 7. The van der Waals surface area contributed by atoms with Crippen molar-refractivity contribution in [1.29, 1.82) is 5.26 Å². The summed E-state index contributed by atoms with van der Waals surface area (Å²) < 4.78 is 25.9. The van der Waals surface area contributed by atoms with Crippen molar-refractivity contribution >= 4 is 27.5 Å². The lowest BCUT2D eigenvalue weighted by Gasteiger charge is -2.25. The molecular weight excluding hydrogens is 614 g/mol. The maximum Gasteiger partial charge on any atom is 0.251 e. The molecule has 244 valence electrons. The normalized spacial score (nSPS) is 13.1. The van der Waals surface area contributed by atoms with Crippen molar-refractivity contribution in [3.8, 4) is 6.07 Å². The van der Waals surface area contributed by atoms with Gasteiger partial charge in [0.25, 0.3) is 11.8 Å². The number of carbonyl (C=O) groups is 2. The molecule has 0 radical (unpaired) electrons. The molecule has 0 heterocycles. The fourth-order valence-electron chi connectivity index (χ4n) is 5.01. The van der Waals surface area contributed by atoms with Crippen LogP contribution in [0.5, 0.6) is 0 Å². The second-order valence-electron chi connectivity index (χ2n) is 11.4. The maximum atomic E-state index is 13.8. The molecule has 0 unspecified atom stereocenters. The molecule has 0 saturated carbocycles. The van der Waals surface area contributed by atoms with E-state index in [2.05, 4.69) is 22.0 Å². The Hall–Kier alpha value is -5.02. The molecule has 4 aromatic carbocycles. The number of nitrogens with zero attached hydrogens (tertiary/aromatic N) is 2. The van der Waals surface area contributed by atoms with Gasteiger partial charge in [-0.2, -0.15) is 5.26 Å². The van der Waals surface area contributed by atoms with E-state index in [1.807, 2.05) is 73.7 Å². The van der Waals surface area contributed by atoms with Gasteiger partial charge >= 0.3 is 0 Å². The molecule has 11 heteroatoms. The first-order valence-electron chi connectivity index (χ1n) is 15.1. The zero-order valence-corrected chi connectivity index (χ0v) is 27.4. The van der Waals surface area contributed by atoms with Gasteiger partial charge in [0, 0.05) is 31.3 Å². The molecule has 0 aliphatic rings. The van der Waals surface area contributed by atoms with Crippen LogP contribution in [-0.4, -0.2) is 57.3 Å². The van der Waals surface area contributed by atoms with Crippen molar-refractivity contribution in [3.63, 3.8) is 0 Å². The van der Waals surface area contributed by atoms with Crippen LogP contribution in [0.1, 0.15) is 55.9 Å². The smallest absolute Gasteiger partial charge is 0.251 e. The second kappa shape index (κ2) is 16.0. The van der Waals surface area contributed by atoms with Crippen LogP contribution in [0, 0.1) is 11.3 Å². The minimum absolute atomic E-state index is 0.0575. The van der Waals surface area contributed by atoms with Gasteiger partial charge in [-0.15, -0.1) is 0 Å². The van der Waals surface area contributed by atoms with Crippen LogP contribution >= 0.6 is 0 Å². The number of benzene rings is 4. The van der Waals surface area contributed by atoms with Gasteiger partial charge in [-0.3, -0.25) is 13.9 Å². The van der Waals surface area contributed by atoms with Crippen LogP contribution in [-0.2, 0) is 23.0 Å². The number of nitrogens with one attached hydrogen (secondary N) is 3. The highest BCUT2D eigenvalue weighted by atomic mass is 32.2. The van der Waals surface area contributed by atoms with Gasteiger partial charge in [0.2, 0.25) is 10.0 Å². The van der Waals surface area contributed by atoms with E-state index in [0.29, 0.717) is 18.5 Å². The predicted octanol–water partition coefficient (Wildman–Crippen LogP) is 3.94. The highest BCUT2D eigenvalue weighted by Gasteiger charge is 2.25. The monoisotopic (exact) mass is 653 g/mol. The van der Waals surface area contributed by atoms with Crippen molar-refractivity contribution in [3.05, 3.63) is 137 Å². The topological polar surface area (TPSA) is 152 Å². The minimum Gasteiger partial charge on any atom is -0.390 e. The highest BCUT2D eigenvalue weighted by Crippen LogP contribution is 2.22. The summed E-state index contributed by atoms with van der Waals surface area (Å²) in [7, 11) is -2.37. The molecule has 10 nitrogen and oxygen atoms in total. The largest absolute Gasteiger partial charge is 0.390 e. The summed E-state index contributed by atoms with van der Waals surface area (Å²) in [6.45, 7) is 2.37. The Morgan fingerprint density at radius 1 is 0.851 bits per heavy atom. The molecule has 0 fully saturated rings. The lowest BCUT2D eigenvalue weighted by Crippen LogP contribution is -2.48. The first-order valence-corrected chi connectivity index (χ1v) is 17.0. The summed E-state index contributed by atoms with van der Waals surface area (Å²) >= 11 is 0. The van der Waals surface area contributed by atoms with E-state index in [9.17, 15) is 28.4 Å². The number of amides is 2. The van der Waals surface area contributed by atoms with Crippen molar-refractivity contribution in [2.45, 2.75) is 38.1 Å². The van der Waals surface area contributed by atoms with Gasteiger partial charge < -0.3 is 21.1 Å². The molecule has 0 aliphatic carbocycles. The number of sulfonamides is 1. The van der Waals surface area contributed by atoms with E-state index in [1.54, 1.807) is 18.2 Å². The molecule has 0 saturated heterocycles. The lowest BCUT2D eigenvalue weighted by molar-refractivity contribution is 0.0830.